The van der Waals surface area contributed by atoms with Crippen molar-refractivity contribution in [3.63, 3.8) is 0 Å². The molecule has 1 aromatic heterocycles. The number of aromatic nitrogens is 1. The molecule has 0 unspecified atom stereocenters. The minimum atomic E-state index is -4.86. The number of carbonyl (C=O) groups is 1. The van der Waals surface area contributed by atoms with E-state index in [0.717, 1.165) is 26.9 Å². The maximum Gasteiger partial charge on any atom is 0.471 e. The second-order valence-corrected chi connectivity index (χ2v) is 6.48. The van der Waals surface area contributed by atoms with E-state index >= 15 is 0 Å². The molecular formula is C20H17F3N2O. The highest BCUT2D eigenvalue weighted by Gasteiger charge is 2.47. The Bertz CT molecular complexity index is 947. The largest absolute Gasteiger partial charge is 0.471 e. The molecule has 1 amide bonds. The number of alkyl halides is 3. The Labute approximate surface area is 148 Å². The van der Waals surface area contributed by atoms with Crippen molar-refractivity contribution in [2.75, 3.05) is 6.54 Å². The normalized spacial score (nSPS) is 17.8. The zero-order chi connectivity index (χ0) is 18.3. The predicted octanol–water partition coefficient (Wildman–Crippen LogP) is 5.06. The van der Waals surface area contributed by atoms with Crippen LogP contribution in [0.5, 0.6) is 0 Å². The first kappa shape index (κ1) is 16.7. The summed E-state index contributed by atoms with van der Waals surface area (Å²) in [5, 5.41) is 0.944. The number of carbonyl (C=O) groups excluding carboxylic acids is 1. The molecule has 4 rings (SSSR count). The van der Waals surface area contributed by atoms with Crippen molar-refractivity contribution >= 4 is 16.8 Å². The van der Waals surface area contributed by atoms with Gasteiger partial charge in [-0.3, -0.25) is 4.79 Å². The number of rotatable bonds is 2. The summed E-state index contributed by atoms with van der Waals surface area (Å²) in [5.41, 5.74) is 3.32. The molecule has 3 nitrogen and oxygen atoms in total. The fourth-order valence-electron chi connectivity index (χ4n) is 3.80. The molecule has 0 saturated carbocycles. The molecule has 1 saturated heterocycles. The van der Waals surface area contributed by atoms with Crippen molar-refractivity contribution in [2.45, 2.75) is 25.1 Å². The van der Waals surface area contributed by atoms with Gasteiger partial charge in [0.15, 0.2) is 0 Å². The molecule has 1 aliphatic heterocycles. The summed E-state index contributed by atoms with van der Waals surface area (Å²) in [6, 6.07) is 16.6. The van der Waals surface area contributed by atoms with Crippen LogP contribution in [0.2, 0.25) is 0 Å². The van der Waals surface area contributed by atoms with E-state index in [2.05, 4.69) is 4.98 Å². The molecule has 1 N–H and O–H groups in total. The van der Waals surface area contributed by atoms with Crippen LogP contribution in [0.4, 0.5) is 13.2 Å². The van der Waals surface area contributed by atoms with Crippen molar-refractivity contribution in [2.24, 2.45) is 0 Å². The molecule has 0 aliphatic carbocycles. The molecule has 0 bridgehead atoms. The smallest absolute Gasteiger partial charge is 0.356 e. The molecule has 26 heavy (non-hydrogen) atoms. The lowest BCUT2D eigenvalue weighted by atomic mass is 9.97. The fraction of sp³-hybridized carbons (Fsp3) is 0.250. The maximum atomic E-state index is 13.0. The highest BCUT2D eigenvalue weighted by Crippen LogP contribution is 2.42. The van der Waals surface area contributed by atoms with Gasteiger partial charge in [0.05, 0.1) is 6.04 Å². The minimum absolute atomic E-state index is 0.118. The van der Waals surface area contributed by atoms with Crippen molar-refractivity contribution < 1.29 is 18.0 Å². The van der Waals surface area contributed by atoms with E-state index in [0.29, 0.717) is 18.5 Å². The Morgan fingerprint density at radius 3 is 2.46 bits per heavy atom. The van der Waals surface area contributed by atoms with E-state index in [9.17, 15) is 18.0 Å². The number of para-hydroxylation sites is 1. The molecule has 1 fully saturated rings. The van der Waals surface area contributed by atoms with E-state index in [1.807, 2.05) is 54.6 Å². The number of amides is 1. The molecule has 2 heterocycles. The van der Waals surface area contributed by atoms with Gasteiger partial charge in [-0.05, 0) is 24.5 Å². The summed E-state index contributed by atoms with van der Waals surface area (Å²) in [6.07, 6.45) is -3.80. The van der Waals surface area contributed by atoms with Crippen molar-refractivity contribution in [1.29, 1.82) is 0 Å². The zero-order valence-corrected chi connectivity index (χ0v) is 13.9. The summed E-state index contributed by atoms with van der Waals surface area (Å²) in [5.74, 6) is -1.77. The van der Waals surface area contributed by atoms with E-state index in [4.69, 9.17) is 0 Å². The summed E-state index contributed by atoms with van der Waals surface area (Å²) in [7, 11) is 0. The second-order valence-electron chi connectivity index (χ2n) is 6.48. The molecule has 6 heteroatoms. The molecular weight excluding hydrogens is 341 g/mol. The molecule has 0 radical (unpaired) electrons. The molecule has 3 aromatic rings. The van der Waals surface area contributed by atoms with E-state index in [1.165, 1.54) is 0 Å². The van der Waals surface area contributed by atoms with Crippen LogP contribution in [-0.4, -0.2) is 28.5 Å². The van der Waals surface area contributed by atoms with Crippen LogP contribution in [0.1, 0.15) is 24.6 Å². The lowest BCUT2D eigenvalue weighted by Gasteiger charge is -2.26. The maximum absolute atomic E-state index is 13.0. The van der Waals surface area contributed by atoms with E-state index in [1.54, 1.807) is 0 Å². The number of likely N-dealkylation sites (tertiary alicyclic amines) is 1. The number of nitrogens with zero attached hydrogens (tertiary/aromatic N) is 1. The van der Waals surface area contributed by atoms with Crippen LogP contribution in [0.15, 0.2) is 54.6 Å². The number of aromatic amines is 1. The average Bonchev–Trinajstić information content (AvgIpc) is 3.25. The molecule has 2 aromatic carbocycles. The van der Waals surface area contributed by atoms with Crippen LogP contribution < -0.4 is 0 Å². The highest BCUT2D eigenvalue weighted by atomic mass is 19.4. The van der Waals surface area contributed by atoms with Gasteiger partial charge in [-0.15, -0.1) is 0 Å². The Hall–Kier alpha value is -2.76. The van der Waals surface area contributed by atoms with Crippen LogP contribution >= 0.6 is 0 Å². The lowest BCUT2D eigenvalue weighted by Crippen LogP contribution is -2.40. The number of nitrogens with one attached hydrogen (secondary N) is 1. The Kier molecular flexibility index (Phi) is 3.98. The van der Waals surface area contributed by atoms with Crippen LogP contribution in [0, 0.1) is 0 Å². The van der Waals surface area contributed by atoms with Crippen molar-refractivity contribution in [3.05, 3.63) is 60.3 Å². The van der Waals surface area contributed by atoms with Crippen molar-refractivity contribution in [3.8, 4) is 11.1 Å². The van der Waals surface area contributed by atoms with E-state index < -0.39 is 18.1 Å². The second kappa shape index (κ2) is 6.20. The Morgan fingerprint density at radius 1 is 1.04 bits per heavy atom. The quantitative estimate of drug-likeness (QED) is 0.683. The minimum Gasteiger partial charge on any atom is -0.356 e. The number of fused-ring (bicyclic) bond motifs is 1. The standard InChI is InChI=1S/C20H17F3N2O/c21-20(22,23)19(26)25-12-6-11-16(25)18-17(13-7-2-1-3-8-13)14-9-4-5-10-15(14)24-18/h1-5,7-10,16,24H,6,11-12H2/t16-/m1/s1. The van der Waals surface area contributed by atoms with Crippen molar-refractivity contribution in [1.82, 2.24) is 9.88 Å². The molecule has 0 spiro atoms. The van der Waals surface area contributed by atoms with Gasteiger partial charge >= 0.3 is 12.1 Å². The Balaban J connectivity index is 1.88. The van der Waals surface area contributed by atoms with Gasteiger partial charge in [0.25, 0.3) is 0 Å². The van der Waals surface area contributed by atoms with Crippen LogP contribution in [0.25, 0.3) is 22.0 Å². The summed E-state index contributed by atoms with van der Waals surface area (Å²) in [4.78, 5) is 16.1. The number of hydrogen-bond donors (Lipinski definition) is 1. The van der Waals surface area contributed by atoms with Gasteiger partial charge < -0.3 is 9.88 Å². The zero-order valence-electron chi connectivity index (χ0n) is 13.9. The third-order valence-corrected chi connectivity index (χ3v) is 4.89. The highest BCUT2D eigenvalue weighted by molar-refractivity contribution is 5.98. The van der Waals surface area contributed by atoms with Gasteiger partial charge in [0.1, 0.15) is 0 Å². The first-order valence-corrected chi connectivity index (χ1v) is 8.50. The third-order valence-electron chi connectivity index (χ3n) is 4.89. The van der Waals surface area contributed by atoms with Gasteiger partial charge in [-0.2, -0.15) is 13.2 Å². The topological polar surface area (TPSA) is 36.1 Å². The summed E-state index contributed by atoms with van der Waals surface area (Å²) in [6.45, 7) is 0.118. The van der Waals surface area contributed by atoms with Gasteiger partial charge in [-0.25, -0.2) is 0 Å². The molecule has 134 valence electrons. The number of H-pyrrole nitrogens is 1. The van der Waals surface area contributed by atoms with Crippen LogP contribution in [0.3, 0.4) is 0 Å². The SMILES string of the molecule is O=C(N1CCC[C@@H]1c1[nH]c2ccccc2c1-c1ccccc1)C(F)(F)F. The van der Waals surface area contributed by atoms with Gasteiger partial charge in [0.2, 0.25) is 0 Å². The summed E-state index contributed by atoms with van der Waals surface area (Å²) < 4.78 is 39.0. The summed E-state index contributed by atoms with van der Waals surface area (Å²) >= 11 is 0. The third kappa shape index (κ3) is 2.75. The molecule has 1 aliphatic rings. The molecule has 1 atom stereocenters. The van der Waals surface area contributed by atoms with Crippen LogP contribution in [-0.2, 0) is 4.79 Å². The first-order valence-electron chi connectivity index (χ1n) is 8.50. The van der Waals surface area contributed by atoms with Gasteiger partial charge in [-0.1, -0.05) is 48.5 Å². The van der Waals surface area contributed by atoms with Gasteiger partial charge in [0, 0.05) is 28.7 Å². The Morgan fingerprint density at radius 2 is 1.73 bits per heavy atom. The number of benzene rings is 2. The predicted molar refractivity (Wildman–Crippen MR) is 93.5 cm³/mol. The average molecular weight is 358 g/mol. The first-order chi connectivity index (χ1) is 12.5. The fourth-order valence-corrected chi connectivity index (χ4v) is 3.80. The monoisotopic (exact) mass is 358 g/mol. The van der Waals surface area contributed by atoms with E-state index in [-0.39, 0.29) is 6.54 Å². The number of halogens is 3. The number of hydrogen-bond acceptors (Lipinski definition) is 1. The lowest BCUT2D eigenvalue weighted by molar-refractivity contribution is -0.186.